The zero-order valence-corrected chi connectivity index (χ0v) is 26.2. The number of ether oxygens (including phenoxy) is 2. The Bertz CT molecular complexity index is 1860. The molecule has 47 heavy (non-hydrogen) atoms. The molecule has 0 aliphatic heterocycles. The topological polar surface area (TPSA) is 54.6 Å². The first kappa shape index (κ1) is 30.9. The van der Waals surface area contributed by atoms with Crippen LogP contribution in [0.5, 0.6) is 0 Å². The molecule has 6 aromatic rings. The summed E-state index contributed by atoms with van der Waals surface area (Å²) in [4.78, 5) is 0. The van der Waals surface area contributed by atoms with Gasteiger partial charge in [0.15, 0.2) is 0 Å². The smallest absolute Gasteiger partial charge is 0.107 e. The molecule has 0 unspecified atom stereocenters. The van der Waals surface area contributed by atoms with Gasteiger partial charge in [-0.05, 0) is 71.8 Å². The van der Waals surface area contributed by atoms with Crippen molar-refractivity contribution in [2.75, 3.05) is 36.3 Å². The van der Waals surface area contributed by atoms with Gasteiger partial charge >= 0.3 is 0 Å². The lowest BCUT2D eigenvalue weighted by Gasteiger charge is -2.18. The largest absolute Gasteiger partial charge is 0.500 e. The van der Waals surface area contributed by atoms with Crippen LogP contribution in [0.3, 0.4) is 0 Å². The van der Waals surface area contributed by atoms with Crippen LogP contribution in [0.15, 0.2) is 163 Å². The number of para-hydroxylation sites is 3. The average molecular weight is 620 g/mol. The van der Waals surface area contributed by atoms with E-state index in [2.05, 4.69) is 78.4 Å². The van der Waals surface area contributed by atoms with E-state index in [-0.39, 0.29) is 0 Å². The molecule has 0 aliphatic carbocycles. The zero-order chi connectivity index (χ0) is 32.3. The standard InChI is InChI=1S/C40H37N5O2/c1-3-46-26-24-43(34-14-8-5-9-15-34)41-30-32-20-22-39-37(28-32)38-29-33(21-23-40(38)45(39)36-18-12-7-13-19-36)31-42-44(25-27-47-4-2)35-16-10-6-11-17-35/h3-23,28-31H,1-2,24-27H2. The van der Waals surface area contributed by atoms with E-state index in [1.165, 1.54) is 12.5 Å². The summed E-state index contributed by atoms with van der Waals surface area (Å²) in [6.07, 6.45) is 6.72. The lowest BCUT2D eigenvalue weighted by Crippen LogP contribution is -2.21. The molecule has 0 amide bonds. The lowest BCUT2D eigenvalue weighted by atomic mass is 10.1. The van der Waals surface area contributed by atoms with Gasteiger partial charge in [0, 0.05) is 16.5 Å². The molecule has 0 aliphatic rings. The predicted octanol–water partition coefficient (Wildman–Crippen LogP) is 8.78. The summed E-state index contributed by atoms with van der Waals surface area (Å²) in [7, 11) is 0. The van der Waals surface area contributed by atoms with Gasteiger partial charge in [0.25, 0.3) is 0 Å². The molecule has 234 valence electrons. The molecule has 0 saturated heterocycles. The van der Waals surface area contributed by atoms with Crippen LogP contribution in [0.4, 0.5) is 11.4 Å². The molecule has 0 radical (unpaired) electrons. The van der Waals surface area contributed by atoms with Gasteiger partial charge in [-0.25, -0.2) is 0 Å². The summed E-state index contributed by atoms with van der Waals surface area (Å²) in [5.41, 5.74) is 7.29. The Kier molecular flexibility index (Phi) is 10.1. The molecule has 0 bridgehead atoms. The third kappa shape index (κ3) is 7.43. The summed E-state index contributed by atoms with van der Waals surface area (Å²) < 4.78 is 13.1. The van der Waals surface area contributed by atoms with Crippen LogP contribution in [0.2, 0.25) is 0 Å². The van der Waals surface area contributed by atoms with Crippen molar-refractivity contribution in [2.24, 2.45) is 10.2 Å². The molecule has 6 rings (SSSR count). The van der Waals surface area contributed by atoms with Crippen LogP contribution in [0, 0.1) is 0 Å². The normalized spacial score (nSPS) is 11.3. The number of benzene rings is 5. The number of rotatable bonds is 15. The maximum absolute atomic E-state index is 5.41. The highest BCUT2D eigenvalue weighted by Gasteiger charge is 2.14. The van der Waals surface area contributed by atoms with Crippen LogP contribution >= 0.6 is 0 Å². The van der Waals surface area contributed by atoms with Crippen molar-refractivity contribution in [3.63, 3.8) is 0 Å². The fourth-order valence-electron chi connectivity index (χ4n) is 5.50. The fourth-order valence-corrected chi connectivity index (χ4v) is 5.50. The van der Waals surface area contributed by atoms with E-state index in [4.69, 9.17) is 19.7 Å². The highest BCUT2D eigenvalue weighted by Crippen LogP contribution is 2.33. The highest BCUT2D eigenvalue weighted by atomic mass is 16.5. The molecule has 0 saturated carbocycles. The second-order valence-corrected chi connectivity index (χ2v) is 10.7. The van der Waals surface area contributed by atoms with Gasteiger partial charge in [-0.3, -0.25) is 10.0 Å². The van der Waals surface area contributed by atoms with Crippen molar-refractivity contribution in [3.05, 3.63) is 164 Å². The lowest BCUT2D eigenvalue weighted by molar-refractivity contribution is 0.258. The number of nitrogens with zero attached hydrogens (tertiary/aromatic N) is 5. The quantitative estimate of drug-likeness (QED) is 0.0499. The van der Waals surface area contributed by atoms with Gasteiger partial charge in [-0.15, -0.1) is 0 Å². The van der Waals surface area contributed by atoms with Gasteiger partial charge in [-0.2, -0.15) is 10.2 Å². The van der Waals surface area contributed by atoms with E-state index < -0.39 is 0 Å². The molecule has 7 nitrogen and oxygen atoms in total. The number of hydrogen-bond donors (Lipinski definition) is 0. The molecular formula is C40H37N5O2. The number of fused-ring (bicyclic) bond motifs is 3. The molecule has 0 atom stereocenters. The van der Waals surface area contributed by atoms with Crippen molar-refractivity contribution in [1.82, 2.24) is 4.57 Å². The summed E-state index contributed by atoms with van der Waals surface area (Å²) in [6.45, 7) is 9.45. The average Bonchev–Trinajstić information content (AvgIpc) is 3.45. The van der Waals surface area contributed by atoms with Crippen molar-refractivity contribution < 1.29 is 9.47 Å². The SMILES string of the molecule is C=COCCN(N=Cc1ccc2c(c1)c1cc(C=NN(CCOC=C)c3ccccc3)ccc1n2-c1ccccc1)c1ccccc1. The van der Waals surface area contributed by atoms with E-state index in [0.717, 1.165) is 50.0 Å². The van der Waals surface area contributed by atoms with Crippen molar-refractivity contribution in [2.45, 2.75) is 0 Å². The van der Waals surface area contributed by atoms with Gasteiger partial charge in [-0.1, -0.05) is 79.9 Å². The maximum atomic E-state index is 5.41. The summed E-state index contributed by atoms with van der Waals surface area (Å²) in [6, 6.07) is 43.6. The summed E-state index contributed by atoms with van der Waals surface area (Å²) in [5, 5.41) is 15.8. The number of hydrogen-bond acceptors (Lipinski definition) is 6. The molecular weight excluding hydrogens is 582 g/mol. The Hall–Kier alpha value is -6.08. The van der Waals surface area contributed by atoms with E-state index in [1.807, 2.05) is 89.2 Å². The van der Waals surface area contributed by atoms with Gasteiger partial charge < -0.3 is 14.0 Å². The molecule has 1 aromatic heterocycles. The Labute approximate surface area is 275 Å². The summed E-state index contributed by atoms with van der Waals surface area (Å²) >= 11 is 0. The number of anilines is 2. The minimum absolute atomic E-state index is 0.479. The van der Waals surface area contributed by atoms with E-state index in [0.29, 0.717) is 26.3 Å². The van der Waals surface area contributed by atoms with Crippen LogP contribution in [0.25, 0.3) is 27.5 Å². The van der Waals surface area contributed by atoms with Crippen LogP contribution in [0.1, 0.15) is 11.1 Å². The first-order valence-corrected chi connectivity index (χ1v) is 15.6. The Morgan fingerprint density at radius 3 is 1.40 bits per heavy atom. The first-order chi connectivity index (χ1) is 23.2. The van der Waals surface area contributed by atoms with Gasteiger partial charge in [0.05, 0.1) is 60.5 Å². The Morgan fingerprint density at radius 2 is 0.979 bits per heavy atom. The van der Waals surface area contributed by atoms with Gasteiger partial charge in [0.2, 0.25) is 0 Å². The molecule has 0 N–H and O–H groups in total. The Morgan fingerprint density at radius 1 is 0.553 bits per heavy atom. The predicted molar refractivity (Wildman–Crippen MR) is 196 cm³/mol. The Balaban J connectivity index is 1.39. The van der Waals surface area contributed by atoms with Crippen LogP contribution in [-0.4, -0.2) is 43.3 Å². The van der Waals surface area contributed by atoms with E-state index >= 15 is 0 Å². The fraction of sp³-hybridized carbons (Fsp3) is 0.100. The zero-order valence-electron chi connectivity index (χ0n) is 26.2. The van der Waals surface area contributed by atoms with Gasteiger partial charge in [0.1, 0.15) is 13.2 Å². The highest BCUT2D eigenvalue weighted by molar-refractivity contribution is 6.12. The van der Waals surface area contributed by atoms with Crippen LogP contribution in [-0.2, 0) is 9.47 Å². The first-order valence-electron chi connectivity index (χ1n) is 15.6. The molecule has 0 fully saturated rings. The second kappa shape index (κ2) is 15.3. The molecule has 5 aromatic carbocycles. The summed E-state index contributed by atoms with van der Waals surface area (Å²) in [5.74, 6) is 0. The maximum Gasteiger partial charge on any atom is 0.107 e. The minimum atomic E-state index is 0.479. The van der Waals surface area contributed by atoms with Crippen LogP contribution < -0.4 is 10.0 Å². The van der Waals surface area contributed by atoms with Crippen molar-refractivity contribution in [1.29, 1.82) is 0 Å². The number of hydrazone groups is 2. The van der Waals surface area contributed by atoms with E-state index in [1.54, 1.807) is 0 Å². The third-order valence-electron chi connectivity index (χ3n) is 7.71. The minimum Gasteiger partial charge on any atom is -0.500 e. The van der Waals surface area contributed by atoms with E-state index in [9.17, 15) is 0 Å². The van der Waals surface area contributed by atoms with Crippen molar-refractivity contribution in [3.8, 4) is 5.69 Å². The number of aromatic nitrogens is 1. The third-order valence-corrected chi connectivity index (χ3v) is 7.71. The molecule has 7 heteroatoms. The monoisotopic (exact) mass is 619 g/mol. The second-order valence-electron chi connectivity index (χ2n) is 10.7. The molecule has 0 spiro atoms. The molecule has 1 heterocycles. The van der Waals surface area contributed by atoms with Crippen molar-refractivity contribution >= 4 is 45.6 Å².